The van der Waals surface area contributed by atoms with Gasteiger partial charge in [0, 0.05) is 26.3 Å². The summed E-state index contributed by atoms with van der Waals surface area (Å²) in [6.07, 6.45) is -4.30. The molecule has 0 saturated heterocycles. The zero-order valence-electron chi connectivity index (χ0n) is 12.0. The van der Waals surface area contributed by atoms with Gasteiger partial charge in [0.05, 0.1) is 0 Å². The highest BCUT2D eigenvalue weighted by atomic mass is 19.4. The summed E-state index contributed by atoms with van der Waals surface area (Å²) in [5, 5.41) is 2.81. The summed E-state index contributed by atoms with van der Waals surface area (Å²) >= 11 is 0. The number of nitrogens with zero attached hydrogens (tertiary/aromatic N) is 3. The number of methoxy groups -OCH3 is 1. The molecule has 0 aromatic carbocycles. The van der Waals surface area contributed by atoms with E-state index in [4.69, 9.17) is 4.74 Å². The molecule has 0 radical (unpaired) electrons. The van der Waals surface area contributed by atoms with E-state index >= 15 is 0 Å². The van der Waals surface area contributed by atoms with E-state index in [9.17, 15) is 13.2 Å². The van der Waals surface area contributed by atoms with Crippen molar-refractivity contribution < 1.29 is 17.9 Å². The van der Waals surface area contributed by atoms with Crippen molar-refractivity contribution in [2.75, 3.05) is 30.9 Å². The van der Waals surface area contributed by atoms with Crippen LogP contribution in [0.25, 0.3) is 0 Å². The van der Waals surface area contributed by atoms with E-state index in [0.29, 0.717) is 11.6 Å². The minimum Gasteiger partial charge on any atom is -0.377 e. The van der Waals surface area contributed by atoms with Crippen LogP contribution in [0.5, 0.6) is 0 Å². The summed E-state index contributed by atoms with van der Waals surface area (Å²) in [6, 6.07) is 1.15. The predicted octanol–water partition coefficient (Wildman–Crippen LogP) is 2.44. The smallest absolute Gasteiger partial charge is 0.377 e. The molecule has 8 heteroatoms. The highest BCUT2D eigenvalue weighted by Crippen LogP contribution is 2.24. The fourth-order valence-electron chi connectivity index (χ4n) is 1.67. The molecule has 0 fully saturated rings. The van der Waals surface area contributed by atoms with Gasteiger partial charge >= 0.3 is 6.18 Å². The van der Waals surface area contributed by atoms with Crippen LogP contribution >= 0.6 is 0 Å². The quantitative estimate of drug-likeness (QED) is 0.872. The van der Waals surface area contributed by atoms with Crippen LogP contribution in [0.2, 0.25) is 0 Å². The van der Waals surface area contributed by atoms with Gasteiger partial charge in [-0.3, -0.25) is 0 Å². The van der Waals surface area contributed by atoms with Crippen molar-refractivity contribution in [2.24, 2.45) is 0 Å². The summed E-state index contributed by atoms with van der Waals surface area (Å²) in [7, 11) is 3.12. The average molecular weight is 292 g/mol. The number of anilines is 2. The molecule has 0 aliphatic carbocycles. The van der Waals surface area contributed by atoms with Gasteiger partial charge in [-0.2, -0.15) is 13.2 Å². The average Bonchev–Trinajstić information content (AvgIpc) is 2.34. The molecule has 0 aliphatic rings. The van der Waals surface area contributed by atoms with Crippen LogP contribution in [0.15, 0.2) is 6.07 Å². The second kappa shape index (κ2) is 6.74. The molecule has 1 N–H and O–H groups in total. The van der Waals surface area contributed by atoms with Crippen molar-refractivity contribution in [2.45, 2.75) is 32.7 Å². The van der Waals surface area contributed by atoms with E-state index in [0.717, 1.165) is 0 Å². The SMILES string of the molecule is CNc1cc(N(CC(F)(F)F)C(C)C)nc(COC)n1. The van der Waals surface area contributed by atoms with Crippen molar-refractivity contribution in [1.29, 1.82) is 0 Å². The number of nitrogens with one attached hydrogen (secondary N) is 1. The number of hydrogen-bond acceptors (Lipinski definition) is 5. The second-order valence-electron chi connectivity index (χ2n) is 4.55. The molecule has 0 aliphatic heterocycles. The van der Waals surface area contributed by atoms with Crippen molar-refractivity contribution in [1.82, 2.24) is 9.97 Å². The topological polar surface area (TPSA) is 50.3 Å². The summed E-state index contributed by atoms with van der Waals surface area (Å²) in [5.41, 5.74) is 0. The Bertz CT molecular complexity index is 437. The zero-order chi connectivity index (χ0) is 15.3. The maximum atomic E-state index is 12.7. The molecule has 0 atom stereocenters. The molecule has 1 aromatic heterocycles. The van der Waals surface area contributed by atoms with Gasteiger partial charge in [-0.25, -0.2) is 9.97 Å². The van der Waals surface area contributed by atoms with Crippen LogP contribution in [0, 0.1) is 0 Å². The standard InChI is InChI=1S/C12H19F3N4O/c1-8(2)19(7-12(13,14)15)11-5-9(16-3)17-10(18-11)6-20-4/h5,8H,6-7H2,1-4H3,(H,16,17,18). The Morgan fingerprint density at radius 3 is 2.45 bits per heavy atom. The van der Waals surface area contributed by atoms with Gasteiger partial charge in [-0.15, -0.1) is 0 Å². The predicted molar refractivity (Wildman–Crippen MR) is 70.8 cm³/mol. The minimum absolute atomic E-state index is 0.139. The zero-order valence-corrected chi connectivity index (χ0v) is 12.0. The molecule has 20 heavy (non-hydrogen) atoms. The van der Waals surface area contributed by atoms with E-state index in [1.54, 1.807) is 20.9 Å². The number of ether oxygens (including phenoxy) is 1. The van der Waals surface area contributed by atoms with Crippen molar-refractivity contribution in [3.05, 3.63) is 11.9 Å². The number of hydrogen-bond donors (Lipinski definition) is 1. The van der Waals surface area contributed by atoms with Crippen molar-refractivity contribution in [3.63, 3.8) is 0 Å². The number of alkyl halides is 3. The second-order valence-corrected chi connectivity index (χ2v) is 4.55. The van der Waals surface area contributed by atoms with Crippen LogP contribution < -0.4 is 10.2 Å². The van der Waals surface area contributed by atoms with Gasteiger partial charge in [-0.1, -0.05) is 0 Å². The molecule has 1 rings (SSSR count). The van der Waals surface area contributed by atoms with Crippen LogP contribution in [0.3, 0.4) is 0 Å². The molecule has 0 unspecified atom stereocenters. The highest BCUT2D eigenvalue weighted by molar-refractivity contribution is 5.49. The molecule has 0 spiro atoms. The van der Waals surface area contributed by atoms with Gasteiger partial charge in [0.25, 0.3) is 0 Å². The molecule has 0 bridgehead atoms. The Balaban J connectivity index is 3.14. The van der Waals surface area contributed by atoms with Gasteiger partial charge < -0.3 is 15.0 Å². The van der Waals surface area contributed by atoms with E-state index in [2.05, 4.69) is 15.3 Å². The first-order valence-electron chi connectivity index (χ1n) is 6.15. The summed E-state index contributed by atoms with van der Waals surface area (Å²) in [4.78, 5) is 9.43. The Morgan fingerprint density at radius 1 is 1.35 bits per heavy atom. The fourth-order valence-corrected chi connectivity index (χ4v) is 1.67. The van der Waals surface area contributed by atoms with Crippen LogP contribution in [-0.4, -0.2) is 42.9 Å². The molecule has 114 valence electrons. The van der Waals surface area contributed by atoms with E-state index in [1.165, 1.54) is 18.1 Å². The van der Waals surface area contributed by atoms with Gasteiger partial charge in [0.2, 0.25) is 0 Å². The highest BCUT2D eigenvalue weighted by Gasteiger charge is 2.32. The molecular formula is C12H19F3N4O. The summed E-state index contributed by atoms with van der Waals surface area (Å²) in [6.45, 7) is 2.45. The Labute approximate surface area is 116 Å². The molecular weight excluding hydrogens is 273 g/mol. The normalized spacial score (nSPS) is 11.8. The lowest BCUT2D eigenvalue weighted by Gasteiger charge is -2.29. The fraction of sp³-hybridized carbons (Fsp3) is 0.667. The van der Waals surface area contributed by atoms with E-state index in [1.807, 2.05) is 0 Å². The third-order valence-corrected chi connectivity index (χ3v) is 2.56. The molecule has 0 amide bonds. The lowest BCUT2D eigenvalue weighted by atomic mass is 10.3. The van der Waals surface area contributed by atoms with Crippen LogP contribution in [0.4, 0.5) is 24.8 Å². The molecule has 1 aromatic rings. The maximum absolute atomic E-state index is 12.7. The van der Waals surface area contributed by atoms with Crippen LogP contribution in [-0.2, 0) is 11.3 Å². The third-order valence-electron chi connectivity index (χ3n) is 2.56. The van der Waals surface area contributed by atoms with Gasteiger partial charge in [-0.05, 0) is 13.8 Å². The first-order valence-corrected chi connectivity index (χ1v) is 6.15. The number of halogens is 3. The molecule has 0 saturated carbocycles. The first kappa shape index (κ1) is 16.5. The monoisotopic (exact) mass is 292 g/mol. The maximum Gasteiger partial charge on any atom is 0.405 e. The van der Waals surface area contributed by atoms with Crippen molar-refractivity contribution in [3.8, 4) is 0 Å². The minimum atomic E-state index is -4.30. The lowest BCUT2D eigenvalue weighted by Crippen LogP contribution is -2.39. The third kappa shape index (κ3) is 4.84. The Morgan fingerprint density at radius 2 is 2.00 bits per heavy atom. The molecule has 5 nitrogen and oxygen atoms in total. The first-order chi connectivity index (χ1) is 9.26. The van der Waals surface area contributed by atoms with E-state index < -0.39 is 12.7 Å². The van der Waals surface area contributed by atoms with Crippen LogP contribution in [0.1, 0.15) is 19.7 Å². The van der Waals surface area contributed by atoms with Gasteiger partial charge in [0.15, 0.2) is 5.82 Å². The summed E-state index contributed by atoms with van der Waals surface area (Å²) in [5.74, 6) is 1.01. The van der Waals surface area contributed by atoms with Gasteiger partial charge in [0.1, 0.15) is 24.8 Å². The van der Waals surface area contributed by atoms with Crippen molar-refractivity contribution >= 4 is 11.6 Å². The Kier molecular flexibility index (Phi) is 5.55. The largest absolute Gasteiger partial charge is 0.405 e. The summed E-state index contributed by atoms with van der Waals surface area (Å²) < 4.78 is 42.9. The number of aromatic nitrogens is 2. The number of rotatable bonds is 6. The lowest BCUT2D eigenvalue weighted by molar-refractivity contribution is -0.120. The molecule has 1 heterocycles. The van der Waals surface area contributed by atoms with E-state index in [-0.39, 0.29) is 18.5 Å². The Hall–Kier alpha value is -1.57.